The van der Waals surface area contributed by atoms with E-state index in [-0.39, 0.29) is 18.6 Å². The number of rotatable bonds is 6. The minimum absolute atomic E-state index is 0.164. The molecule has 0 aliphatic carbocycles. The van der Waals surface area contributed by atoms with Gasteiger partial charge in [-0.1, -0.05) is 0 Å². The summed E-state index contributed by atoms with van der Waals surface area (Å²) in [4.78, 5) is 15.6. The van der Waals surface area contributed by atoms with E-state index >= 15 is 0 Å². The first-order chi connectivity index (χ1) is 11.2. The summed E-state index contributed by atoms with van der Waals surface area (Å²) in [5, 5.41) is 8.05. The van der Waals surface area contributed by atoms with E-state index in [2.05, 4.69) is 10.2 Å². The topological polar surface area (TPSA) is 95.9 Å². The summed E-state index contributed by atoms with van der Waals surface area (Å²) < 4.78 is 29.5. The van der Waals surface area contributed by atoms with Crippen molar-refractivity contribution in [1.82, 2.24) is 19.4 Å². The van der Waals surface area contributed by atoms with Crippen molar-refractivity contribution >= 4 is 21.7 Å². The Balaban J connectivity index is 1.87. The van der Waals surface area contributed by atoms with Gasteiger partial charge in [-0.25, -0.2) is 8.42 Å². The van der Waals surface area contributed by atoms with Crippen LogP contribution in [0.3, 0.4) is 0 Å². The van der Waals surface area contributed by atoms with E-state index in [1.807, 2.05) is 19.0 Å². The molecule has 0 bridgehead atoms. The number of hydrogen-bond donors (Lipinski definition) is 0. The summed E-state index contributed by atoms with van der Waals surface area (Å²) >= 11 is 0. The molecule has 0 N–H and O–H groups in total. The fourth-order valence-corrected chi connectivity index (χ4v) is 2.59. The van der Waals surface area contributed by atoms with E-state index in [1.165, 1.54) is 7.05 Å². The van der Waals surface area contributed by atoms with E-state index in [0.29, 0.717) is 25.4 Å². The molecule has 0 radical (unpaired) electrons. The first-order valence-corrected chi connectivity index (χ1v) is 9.38. The summed E-state index contributed by atoms with van der Waals surface area (Å²) in [6.45, 7) is 0.779. The van der Waals surface area contributed by atoms with Gasteiger partial charge in [-0.05, 0) is 6.07 Å². The number of anilines is 1. The van der Waals surface area contributed by atoms with Crippen LogP contribution in [0.15, 0.2) is 12.1 Å². The van der Waals surface area contributed by atoms with Gasteiger partial charge >= 0.3 is 0 Å². The number of likely N-dealkylation sites (N-methyl/N-ethyl adjacent to an activating group) is 1. The van der Waals surface area contributed by atoms with Crippen molar-refractivity contribution in [2.24, 2.45) is 0 Å². The molecule has 1 saturated heterocycles. The van der Waals surface area contributed by atoms with Crippen molar-refractivity contribution in [2.45, 2.75) is 12.5 Å². The Kier molecular flexibility index (Phi) is 5.60. The first-order valence-electron chi connectivity index (χ1n) is 7.53. The van der Waals surface area contributed by atoms with Crippen LogP contribution in [0.2, 0.25) is 0 Å². The molecule has 9 nitrogen and oxygen atoms in total. The molecule has 24 heavy (non-hydrogen) atoms. The van der Waals surface area contributed by atoms with E-state index < -0.39 is 10.0 Å². The Morgan fingerprint density at radius 2 is 2.04 bits per heavy atom. The molecule has 1 atom stereocenters. The molecule has 0 aromatic carbocycles. The lowest BCUT2D eigenvalue weighted by Gasteiger charge is -2.20. The molecule has 134 valence electrons. The molecular weight excluding hydrogens is 334 g/mol. The first kappa shape index (κ1) is 18.4. The van der Waals surface area contributed by atoms with Crippen LogP contribution in [0.25, 0.3) is 0 Å². The zero-order valence-electron chi connectivity index (χ0n) is 14.3. The van der Waals surface area contributed by atoms with Crippen LogP contribution in [0.5, 0.6) is 5.88 Å². The Morgan fingerprint density at radius 3 is 2.58 bits per heavy atom. The lowest BCUT2D eigenvalue weighted by Crippen LogP contribution is -2.40. The average Bonchev–Trinajstić information content (AvgIpc) is 2.95. The van der Waals surface area contributed by atoms with Gasteiger partial charge in [0.05, 0.1) is 19.3 Å². The highest BCUT2D eigenvalue weighted by Gasteiger charge is 2.29. The molecular formula is C14H23N5O4S. The van der Waals surface area contributed by atoms with Crippen LogP contribution in [0.4, 0.5) is 5.82 Å². The van der Waals surface area contributed by atoms with Gasteiger partial charge in [0.2, 0.25) is 21.8 Å². The molecule has 1 fully saturated rings. The normalized spacial score (nSPS) is 18.0. The molecule has 2 heterocycles. The molecule has 1 aliphatic heterocycles. The lowest BCUT2D eigenvalue weighted by molar-refractivity contribution is -0.130. The maximum Gasteiger partial charge on any atom is 0.238 e. The summed E-state index contributed by atoms with van der Waals surface area (Å²) in [5.74, 6) is 0.908. The number of carbonyl (C=O) groups excluding carboxylic acids is 1. The highest BCUT2D eigenvalue weighted by atomic mass is 32.2. The van der Waals surface area contributed by atoms with E-state index in [4.69, 9.17) is 4.74 Å². The average molecular weight is 357 g/mol. The maximum atomic E-state index is 12.2. The predicted octanol–water partition coefficient (Wildman–Crippen LogP) is -0.586. The van der Waals surface area contributed by atoms with Gasteiger partial charge in [0.15, 0.2) is 5.82 Å². The second-order valence-corrected chi connectivity index (χ2v) is 8.10. The van der Waals surface area contributed by atoms with Crippen molar-refractivity contribution < 1.29 is 17.9 Å². The van der Waals surface area contributed by atoms with Crippen LogP contribution in [0, 0.1) is 0 Å². The number of amides is 1. The number of hydrogen-bond acceptors (Lipinski definition) is 7. The van der Waals surface area contributed by atoms with Crippen molar-refractivity contribution in [2.75, 3.05) is 51.9 Å². The Bertz CT molecular complexity index is 677. The Labute approximate surface area is 142 Å². The van der Waals surface area contributed by atoms with Gasteiger partial charge in [0.1, 0.15) is 6.10 Å². The maximum absolute atomic E-state index is 12.2. The summed E-state index contributed by atoms with van der Waals surface area (Å²) in [6.07, 6.45) is 1.58. The van der Waals surface area contributed by atoms with Crippen LogP contribution in [0.1, 0.15) is 6.42 Å². The summed E-state index contributed by atoms with van der Waals surface area (Å²) in [5.41, 5.74) is 0. The quantitative estimate of drug-likeness (QED) is 0.672. The molecule has 0 spiro atoms. The van der Waals surface area contributed by atoms with Gasteiger partial charge in [-0.2, -0.15) is 4.31 Å². The van der Waals surface area contributed by atoms with Crippen molar-refractivity contribution in [3.05, 3.63) is 12.1 Å². The van der Waals surface area contributed by atoms with E-state index in [9.17, 15) is 13.2 Å². The third kappa shape index (κ3) is 4.78. The van der Waals surface area contributed by atoms with Crippen LogP contribution >= 0.6 is 0 Å². The highest BCUT2D eigenvalue weighted by molar-refractivity contribution is 7.88. The molecule has 1 amide bonds. The Morgan fingerprint density at radius 1 is 1.33 bits per heavy atom. The third-order valence-corrected chi connectivity index (χ3v) is 5.05. The lowest BCUT2D eigenvalue weighted by atomic mass is 10.3. The summed E-state index contributed by atoms with van der Waals surface area (Å²) in [6, 6.07) is 3.55. The number of aromatic nitrogens is 2. The van der Waals surface area contributed by atoms with Crippen molar-refractivity contribution in [3.63, 3.8) is 0 Å². The molecule has 2 rings (SSSR count). The third-order valence-electron chi connectivity index (χ3n) is 3.79. The van der Waals surface area contributed by atoms with Crippen LogP contribution in [-0.4, -0.2) is 86.9 Å². The van der Waals surface area contributed by atoms with Gasteiger partial charge < -0.3 is 14.5 Å². The monoisotopic (exact) mass is 357 g/mol. The number of carbonyl (C=O) groups is 1. The van der Waals surface area contributed by atoms with E-state index in [1.54, 1.807) is 17.0 Å². The SMILES string of the molecule is CN(C)c1ccc(OC2CCN(C(=O)CN(C)S(C)(=O)=O)C2)nn1. The largest absolute Gasteiger partial charge is 0.471 e. The highest BCUT2D eigenvalue weighted by Crippen LogP contribution is 2.17. The van der Waals surface area contributed by atoms with Crippen LogP contribution in [-0.2, 0) is 14.8 Å². The molecule has 0 saturated carbocycles. The second-order valence-electron chi connectivity index (χ2n) is 6.01. The number of sulfonamides is 1. The van der Waals surface area contributed by atoms with Gasteiger partial charge in [0.25, 0.3) is 0 Å². The van der Waals surface area contributed by atoms with E-state index in [0.717, 1.165) is 16.4 Å². The molecule has 10 heteroatoms. The van der Waals surface area contributed by atoms with Gasteiger partial charge in [0, 0.05) is 40.2 Å². The minimum atomic E-state index is -3.37. The number of likely N-dealkylation sites (tertiary alicyclic amines) is 1. The summed E-state index contributed by atoms with van der Waals surface area (Å²) in [7, 11) is 1.77. The number of ether oxygens (including phenoxy) is 1. The van der Waals surface area contributed by atoms with Crippen LogP contribution < -0.4 is 9.64 Å². The zero-order valence-corrected chi connectivity index (χ0v) is 15.2. The molecule has 1 aromatic heterocycles. The molecule has 1 unspecified atom stereocenters. The van der Waals surface area contributed by atoms with Crippen molar-refractivity contribution in [3.8, 4) is 5.88 Å². The minimum Gasteiger partial charge on any atom is -0.471 e. The molecule has 1 aliphatic rings. The predicted molar refractivity (Wildman–Crippen MR) is 89.4 cm³/mol. The standard InChI is InChI=1S/C14H23N5O4S/c1-17(2)12-5-6-13(16-15-12)23-11-7-8-19(9-11)14(20)10-18(3)24(4,21)22/h5-6,11H,7-10H2,1-4H3. The number of nitrogens with zero attached hydrogens (tertiary/aromatic N) is 5. The smallest absolute Gasteiger partial charge is 0.238 e. The second kappa shape index (κ2) is 7.31. The Hall–Kier alpha value is -1.94. The van der Waals surface area contributed by atoms with Gasteiger partial charge in [-0.3, -0.25) is 4.79 Å². The zero-order chi connectivity index (χ0) is 17.9. The fourth-order valence-electron chi connectivity index (χ4n) is 2.24. The molecule has 1 aromatic rings. The van der Waals surface area contributed by atoms with Gasteiger partial charge in [-0.15, -0.1) is 10.2 Å². The fraction of sp³-hybridized carbons (Fsp3) is 0.643. The van der Waals surface area contributed by atoms with Crippen molar-refractivity contribution in [1.29, 1.82) is 0 Å².